The van der Waals surface area contributed by atoms with E-state index >= 15 is 0 Å². The van der Waals surface area contributed by atoms with Crippen LogP contribution in [-0.2, 0) is 9.59 Å². The molecule has 6 heteroatoms. The number of allylic oxidation sites excluding steroid dienone is 2. The van der Waals surface area contributed by atoms with E-state index in [1.54, 1.807) is 6.92 Å². The van der Waals surface area contributed by atoms with Crippen LogP contribution in [0.15, 0.2) is 36.4 Å². The lowest BCUT2D eigenvalue weighted by Gasteiger charge is -2.38. The maximum atomic E-state index is 12.9. The van der Waals surface area contributed by atoms with Gasteiger partial charge in [-0.05, 0) is 50.7 Å². The Morgan fingerprint density at radius 3 is 2.08 bits per heavy atom. The average Bonchev–Trinajstić information content (AvgIpc) is 2.91. The second kappa shape index (κ2) is 6.27. The number of benzene rings is 1. The molecule has 1 saturated carbocycles. The summed E-state index contributed by atoms with van der Waals surface area (Å²) in [5.74, 6) is -0.504. The molecule has 1 heterocycles. The Hall–Kier alpha value is -2.63. The van der Waals surface area contributed by atoms with Gasteiger partial charge in [0.15, 0.2) is 0 Å². The highest BCUT2D eigenvalue weighted by molar-refractivity contribution is 6.06. The molecule has 5 unspecified atom stereocenters. The lowest BCUT2D eigenvalue weighted by molar-refractivity contribution is -0.142. The van der Waals surface area contributed by atoms with E-state index in [-0.39, 0.29) is 35.5 Å². The summed E-state index contributed by atoms with van der Waals surface area (Å²) >= 11 is 0. The predicted molar refractivity (Wildman–Crippen MR) is 97.0 cm³/mol. The molecule has 1 aromatic rings. The minimum atomic E-state index is -0.676. The smallest absolute Gasteiger partial charge is 0.317 e. The molecule has 2 N–H and O–H groups in total. The summed E-state index contributed by atoms with van der Waals surface area (Å²) in [5.41, 5.74) is 1.76. The molecule has 2 bridgehead atoms. The number of carbonyl (C=O) groups excluding carboxylic acids is 3. The van der Waals surface area contributed by atoms with E-state index in [2.05, 4.69) is 22.8 Å². The second-order valence-corrected chi connectivity index (χ2v) is 7.53. The molecule has 1 saturated heterocycles. The van der Waals surface area contributed by atoms with Gasteiger partial charge < -0.3 is 10.6 Å². The first-order chi connectivity index (χ1) is 12.5. The third kappa shape index (κ3) is 2.69. The first-order valence-electron chi connectivity index (χ1n) is 9.15. The van der Waals surface area contributed by atoms with Crippen molar-refractivity contribution in [1.29, 1.82) is 0 Å². The lowest BCUT2D eigenvalue weighted by Crippen LogP contribution is -2.50. The molecule has 6 nitrogen and oxygen atoms in total. The summed E-state index contributed by atoms with van der Waals surface area (Å²) in [5, 5.41) is 5.45. The summed E-state index contributed by atoms with van der Waals surface area (Å²) in [6.45, 7) is 3.65. The number of fused-ring (bicyclic) bond motifs is 1. The quantitative estimate of drug-likeness (QED) is 0.648. The zero-order valence-corrected chi connectivity index (χ0v) is 14.9. The van der Waals surface area contributed by atoms with Gasteiger partial charge in [0.25, 0.3) is 0 Å². The Morgan fingerprint density at radius 2 is 1.58 bits per heavy atom. The number of anilines is 1. The third-order valence-electron chi connectivity index (χ3n) is 5.83. The van der Waals surface area contributed by atoms with Crippen LogP contribution in [-0.4, -0.2) is 28.9 Å². The van der Waals surface area contributed by atoms with E-state index in [0.717, 1.165) is 18.4 Å². The number of rotatable bonds is 3. The van der Waals surface area contributed by atoms with Crippen molar-refractivity contribution < 1.29 is 14.4 Å². The summed E-state index contributed by atoms with van der Waals surface area (Å²) in [7, 11) is 0. The molecule has 5 atom stereocenters. The van der Waals surface area contributed by atoms with E-state index in [4.69, 9.17) is 0 Å². The zero-order chi connectivity index (χ0) is 18.4. The van der Waals surface area contributed by atoms with Crippen molar-refractivity contribution in [3.8, 4) is 0 Å². The van der Waals surface area contributed by atoms with Gasteiger partial charge in [0.05, 0.1) is 11.8 Å². The molecule has 26 heavy (non-hydrogen) atoms. The fraction of sp³-hybridized carbons (Fsp3) is 0.450. The highest BCUT2D eigenvalue weighted by Crippen LogP contribution is 2.49. The van der Waals surface area contributed by atoms with Crippen molar-refractivity contribution in [2.45, 2.75) is 32.9 Å². The van der Waals surface area contributed by atoms with Gasteiger partial charge in [-0.25, -0.2) is 4.79 Å². The van der Waals surface area contributed by atoms with E-state index in [1.807, 2.05) is 31.2 Å². The standard InChI is InChI=1S/C20H23N3O3/c1-11-3-9-15(10-4-11)22-20(26)21-12(2)23-18(24)16-13-5-6-14(8-7-13)17(16)19(23)25/h3-6,9-10,12-14,16-17H,7-8H2,1-2H3,(H2,21,22,26). The minimum absolute atomic E-state index is 0.151. The average molecular weight is 353 g/mol. The van der Waals surface area contributed by atoms with Crippen LogP contribution < -0.4 is 10.6 Å². The molecule has 0 radical (unpaired) electrons. The molecule has 1 aromatic carbocycles. The molecular formula is C20H23N3O3. The number of nitrogens with zero attached hydrogens (tertiary/aromatic N) is 1. The SMILES string of the molecule is Cc1ccc(NC(=O)NC(C)N2C(=O)C3C4C=CC(CC4)C3C2=O)cc1. The number of hydrogen-bond donors (Lipinski definition) is 2. The molecule has 3 aliphatic carbocycles. The summed E-state index contributed by atoms with van der Waals surface area (Å²) < 4.78 is 0. The van der Waals surface area contributed by atoms with Gasteiger partial charge in [-0.2, -0.15) is 0 Å². The van der Waals surface area contributed by atoms with Gasteiger partial charge in [0.2, 0.25) is 11.8 Å². The molecule has 136 valence electrons. The first-order valence-corrected chi connectivity index (χ1v) is 9.15. The minimum Gasteiger partial charge on any atom is -0.317 e. The number of likely N-dealkylation sites (tertiary alicyclic amines) is 1. The van der Waals surface area contributed by atoms with Gasteiger partial charge >= 0.3 is 6.03 Å². The number of hydrogen-bond acceptors (Lipinski definition) is 3. The van der Waals surface area contributed by atoms with Crippen LogP contribution >= 0.6 is 0 Å². The largest absolute Gasteiger partial charge is 0.320 e. The van der Waals surface area contributed by atoms with Gasteiger partial charge in [-0.1, -0.05) is 29.8 Å². The molecule has 5 rings (SSSR count). The Kier molecular flexibility index (Phi) is 4.05. The molecule has 2 fully saturated rings. The molecular weight excluding hydrogens is 330 g/mol. The van der Waals surface area contributed by atoms with Crippen LogP contribution in [0.25, 0.3) is 0 Å². The van der Waals surface area contributed by atoms with Gasteiger partial charge in [-0.3, -0.25) is 14.5 Å². The lowest BCUT2D eigenvalue weighted by atomic mass is 9.63. The molecule has 0 aromatic heterocycles. The van der Waals surface area contributed by atoms with Crippen LogP contribution in [0, 0.1) is 30.6 Å². The summed E-state index contributed by atoms with van der Waals surface area (Å²) in [4.78, 5) is 39.2. The second-order valence-electron chi connectivity index (χ2n) is 7.53. The fourth-order valence-corrected chi connectivity index (χ4v) is 4.54. The van der Waals surface area contributed by atoms with Crippen LogP contribution in [0.2, 0.25) is 0 Å². The Labute approximate surface area is 152 Å². The molecule has 4 amide bonds. The molecule has 0 spiro atoms. The number of aryl methyl sites for hydroxylation is 1. The summed E-state index contributed by atoms with van der Waals surface area (Å²) in [6, 6.07) is 6.99. The first kappa shape index (κ1) is 16.8. The highest BCUT2D eigenvalue weighted by atomic mass is 16.2. The van der Waals surface area contributed by atoms with Gasteiger partial charge in [-0.15, -0.1) is 0 Å². The number of carbonyl (C=O) groups is 3. The van der Waals surface area contributed by atoms with E-state index in [0.29, 0.717) is 5.69 Å². The van der Waals surface area contributed by atoms with Crippen molar-refractivity contribution >= 4 is 23.5 Å². The van der Waals surface area contributed by atoms with Crippen LogP contribution in [0.3, 0.4) is 0 Å². The van der Waals surface area contributed by atoms with E-state index in [9.17, 15) is 14.4 Å². The van der Waals surface area contributed by atoms with Crippen LogP contribution in [0.5, 0.6) is 0 Å². The molecule has 1 aliphatic heterocycles. The van der Waals surface area contributed by atoms with Crippen molar-refractivity contribution in [3.63, 3.8) is 0 Å². The number of amides is 4. The van der Waals surface area contributed by atoms with Crippen molar-refractivity contribution in [2.75, 3.05) is 5.32 Å². The monoisotopic (exact) mass is 353 g/mol. The maximum Gasteiger partial charge on any atom is 0.320 e. The normalized spacial score (nSPS) is 30.3. The Balaban J connectivity index is 1.44. The Bertz CT molecular complexity index is 754. The Morgan fingerprint density at radius 1 is 1.04 bits per heavy atom. The fourth-order valence-electron chi connectivity index (χ4n) is 4.54. The van der Waals surface area contributed by atoms with Crippen molar-refractivity contribution in [3.05, 3.63) is 42.0 Å². The van der Waals surface area contributed by atoms with Crippen LogP contribution in [0.1, 0.15) is 25.3 Å². The van der Waals surface area contributed by atoms with Crippen molar-refractivity contribution in [1.82, 2.24) is 10.2 Å². The number of urea groups is 1. The van der Waals surface area contributed by atoms with Gasteiger partial charge in [0, 0.05) is 5.69 Å². The maximum absolute atomic E-state index is 12.9. The van der Waals surface area contributed by atoms with Crippen LogP contribution in [0.4, 0.5) is 10.5 Å². The predicted octanol–water partition coefficient (Wildman–Crippen LogP) is 2.66. The third-order valence-corrected chi connectivity index (χ3v) is 5.83. The molecule has 4 aliphatic rings. The topological polar surface area (TPSA) is 78.5 Å². The van der Waals surface area contributed by atoms with E-state index in [1.165, 1.54) is 4.90 Å². The summed E-state index contributed by atoms with van der Waals surface area (Å²) in [6.07, 6.45) is 5.43. The number of nitrogens with one attached hydrogen (secondary N) is 2. The van der Waals surface area contributed by atoms with Crippen molar-refractivity contribution in [2.24, 2.45) is 23.7 Å². The highest BCUT2D eigenvalue weighted by Gasteiger charge is 2.57. The number of imide groups is 1. The van der Waals surface area contributed by atoms with E-state index < -0.39 is 12.2 Å². The zero-order valence-electron chi connectivity index (χ0n) is 14.9. The van der Waals surface area contributed by atoms with Gasteiger partial charge in [0.1, 0.15) is 6.17 Å².